The lowest BCUT2D eigenvalue weighted by Gasteiger charge is -2.57. The topological polar surface area (TPSA) is 93.1 Å². The van der Waals surface area contributed by atoms with Gasteiger partial charge in [0.1, 0.15) is 11.4 Å². The van der Waals surface area contributed by atoms with Gasteiger partial charge in [-0.2, -0.15) is 0 Å². The van der Waals surface area contributed by atoms with Crippen LogP contribution in [0.1, 0.15) is 29.6 Å². The summed E-state index contributed by atoms with van der Waals surface area (Å²) in [6.45, 7) is 0.578. The molecule has 0 saturated carbocycles. The van der Waals surface area contributed by atoms with Gasteiger partial charge in [-0.25, -0.2) is 13.2 Å². The van der Waals surface area contributed by atoms with Crippen LogP contribution in [0, 0.1) is 21.0 Å². The summed E-state index contributed by atoms with van der Waals surface area (Å²) in [5.74, 6) is -5.32. The number of carboxylic acid groups (broad SMARTS) is 1. The number of nitrogens with zero attached hydrogens (tertiary/aromatic N) is 2. The van der Waals surface area contributed by atoms with E-state index in [0.29, 0.717) is 9.99 Å². The Bertz CT molecular complexity index is 1150. The minimum Gasteiger partial charge on any atom is -0.481 e. The minimum atomic E-state index is -1.45. The molecule has 2 aromatic carbocycles. The Morgan fingerprint density at radius 3 is 2.56 bits per heavy atom. The van der Waals surface area contributed by atoms with Gasteiger partial charge in [0.05, 0.1) is 35.9 Å². The average Bonchev–Trinajstić information content (AvgIpc) is 3.21. The molecule has 0 spiro atoms. The van der Waals surface area contributed by atoms with Gasteiger partial charge >= 0.3 is 5.97 Å². The Hall–Kier alpha value is -2.38. The zero-order valence-corrected chi connectivity index (χ0v) is 20.4. The molecule has 3 N–H and O–H groups in total. The molecule has 2 aliphatic heterocycles. The van der Waals surface area contributed by atoms with Gasteiger partial charge in [-0.3, -0.25) is 9.59 Å². The van der Waals surface area contributed by atoms with Gasteiger partial charge in [-0.15, -0.1) is 0 Å². The largest absolute Gasteiger partial charge is 0.481 e. The molecule has 2 aliphatic rings. The first-order valence-corrected chi connectivity index (χ1v) is 11.8. The van der Waals surface area contributed by atoms with Crippen molar-refractivity contribution in [3.63, 3.8) is 0 Å². The number of β-amino-alcohol motifs (C(OH)–C–C–N with tert-alkyl or cyclic N) is 1. The fourth-order valence-electron chi connectivity index (χ4n) is 4.91. The molecule has 2 aromatic rings. The molecule has 11 heteroatoms. The smallest absolute Gasteiger partial charge is 0.305 e. The third-order valence-corrected chi connectivity index (χ3v) is 7.29. The molecule has 3 unspecified atom stereocenters. The average molecular weight is 589 g/mol. The van der Waals surface area contributed by atoms with Crippen molar-refractivity contribution in [3.8, 4) is 0 Å². The maximum Gasteiger partial charge on any atom is 0.305 e. The van der Waals surface area contributed by atoms with Crippen molar-refractivity contribution >= 4 is 45.8 Å². The third kappa shape index (κ3) is 4.36. The van der Waals surface area contributed by atoms with E-state index in [1.54, 1.807) is 6.07 Å². The summed E-state index contributed by atoms with van der Waals surface area (Å²) in [4.78, 5) is 28.0. The van der Waals surface area contributed by atoms with Crippen molar-refractivity contribution < 1.29 is 33.0 Å². The van der Waals surface area contributed by atoms with E-state index in [4.69, 9.17) is 0 Å². The standard InChI is InChI=1S/C23H23F3IN3O4/c1-29-8-2-3-17(29)23(34)11-30(18(23)10-19(31)32)22(33)13-5-6-14(24)20(26)21(13)28-16-7-4-12(27)9-15(16)25/h4-7,9,17-18,28,34H,2-3,8,10-11H2,1H3,(H,31,32). The van der Waals surface area contributed by atoms with E-state index < -0.39 is 53.1 Å². The van der Waals surface area contributed by atoms with E-state index >= 15 is 0 Å². The maximum absolute atomic E-state index is 14.8. The first-order valence-electron chi connectivity index (χ1n) is 10.7. The molecule has 182 valence electrons. The molecule has 2 heterocycles. The first kappa shape index (κ1) is 24.7. The van der Waals surface area contributed by atoms with Gasteiger partial charge in [0.2, 0.25) is 0 Å². The van der Waals surface area contributed by atoms with E-state index in [1.807, 2.05) is 34.5 Å². The van der Waals surface area contributed by atoms with Gasteiger partial charge in [0.15, 0.2) is 11.6 Å². The summed E-state index contributed by atoms with van der Waals surface area (Å²) in [7, 11) is 1.82. The molecule has 3 atom stereocenters. The minimum absolute atomic E-state index is 0.158. The second kappa shape index (κ2) is 9.34. The highest BCUT2D eigenvalue weighted by Gasteiger charge is 2.60. The number of halogens is 4. The number of hydrogen-bond acceptors (Lipinski definition) is 5. The second-order valence-corrected chi connectivity index (χ2v) is 9.96. The fraction of sp³-hybridized carbons (Fsp3) is 0.391. The van der Waals surface area contributed by atoms with Crippen molar-refractivity contribution in [1.29, 1.82) is 0 Å². The normalized spacial score (nSPS) is 24.7. The van der Waals surface area contributed by atoms with Crippen molar-refractivity contribution in [2.24, 2.45) is 0 Å². The molecule has 2 fully saturated rings. The molecule has 0 bridgehead atoms. The number of anilines is 2. The molecule has 7 nitrogen and oxygen atoms in total. The SMILES string of the molecule is CN1CCCC1C1(O)CN(C(=O)c2ccc(F)c(F)c2Nc2ccc(I)cc2F)C1CC(=O)O. The second-order valence-electron chi connectivity index (χ2n) is 8.71. The Labute approximate surface area is 207 Å². The Morgan fingerprint density at radius 1 is 1.21 bits per heavy atom. The number of amides is 1. The van der Waals surface area contributed by atoms with E-state index in [-0.39, 0.29) is 23.8 Å². The number of likely N-dealkylation sites (N-methyl/N-ethyl adjacent to an activating group) is 1. The van der Waals surface area contributed by atoms with Gasteiger partial charge in [-0.1, -0.05) is 0 Å². The number of carboxylic acids is 1. The van der Waals surface area contributed by atoms with Crippen LogP contribution in [-0.4, -0.2) is 69.7 Å². The monoisotopic (exact) mass is 589 g/mol. The highest BCUT2D eigenvalue weighted by Crippen LogP contribution is 2.42. The molecular weight excluding hydrogens is 566 g/mol. The lowest BCUT2D eigenvalue weighted by molar-refractivity contribution is -0.176. The van der Waals surface area contributed by atoms with Gasteiger partial charge in [0, 0.05) is 9.61 Å². The zero-order valence-electron chi connectivity index (χ0n) is 18.2. The fourth-order valence-corrected chi connectivity index (χ4v) is 5.37. The first-order chi connectivity index (χ1) is 16.0. The van der Waals surface area contributed by atoms with E-state index in [0.717, 1.165) is 30.0 Å². The van der Waals surface area contributed by atoms with Crippen LogP contribution in [0.3, 0.4) is 0 Å². The van der Waals surface area contributed by atoms with Gasteiger partial charge < -0.3 is 25.3 Å². The number of hydrogen-bond donors (Lipinski definition) is 3. The quantitative estimate of drug-likeness (QED) is 0.447. The van der Waals surface area contributed by atoms with E-state index in [2.05, 4.69) is 5.32 Å². The lowest BCUT2D eigenvalue weighted by atomic mass is 9.74. The predicted molar refractivity (Wildman–Crippen MR) is 126 cm³/mol. The summed E-state index contributed by atoms with van der Waals surface area (Å²) in [5.41, 5.74) is -2.47. The Kier molecular flexibility index (Phi) is 6.80. The molecule has 0 aliphatic carbocycles. The predicted octanol–water partition coefficient (Wildman–Crippen LogP) is 3.58. The van der Waals surface area contributed by atoms with Crippen LogP contribution in [-0.2, 0) is 4.79 Å². The zero-order chi connectivity index (χ0) is 24.8. The van der Waals surface area contributed by atoms with Crippen LogP contribution < -0.4 is 5.32 Å². The van der Waals surface area contributed by atoms with E-state index in [1.165, 1.54) is 12.1 Å². The summed E-state index contributed by atoms with van der Waals surface area (Å²) in [5, 5.41) is 23.2. The molecule has 0 aromatic heterocycles. The van der Waals surface area contributed by atoms with Crippen LogP contribution in [0.4, 0.5) is 24.5 Å². The summed E-state index contributed by atoms with van der Waals surface area (Å²) in [6, 6.07) is 4.54. The Balaban J connectivity index is 1.68. The van der Waals surface area contributed by atoms with Crippen LogP contribution in [0.15, 0.2) is 30.3 Å². The van der Waals surface area contributed by atoms with Gasteiger partial charge in [0.25, 0.3) is 5.91 Å². The van der Waals surface area contributed by atoms with Crippen LogP contribution in [0.5, 0.6) is 0 Å². The third-order valence-electron chi connectivity index (χ3n) is 6.62. The number of rotatable bonds is 6. The number of carbonyl (C=O) groups is 2. The number of nitrogens with one attached hydrogen (secondary N) is 1. The van der Waals surface area contributed by atoms with Crippen molar-refractivity contribution in [2.75, 3.05) is 25.5 Å². The van der Waals surface area contributed by atoms with Crippen molar-refractivity contribution in [1.82, 2.24) is 9.80 Å². The summed E-state index contributed by atoms with van der Waals surface area (Å²) >= 11 is 1.90. The molecular formula is C23H23F3IN3O4. The number of aliphatic carboxylic acids is 1. The molecule has 34 heavy (non-hydrogen) atoms. The highest BCUT2D eigenvalue weighted by molar-refractivity contribution is 14.1. The molecule has 4 rings (SSSR count). The van der Waals surface area contributed by atoms with Crippen molar-refractivity contribution in [3.05, 3.63) is 56.9 Å². The summed E-state index contributed by atoms with van der Waals surface area (Å²) in [6.07, 6.45) is 0.968. The Morgan fingerprint density at radius 2 is 1.94 bits per heavy atom. The lowest BCUT2D eigenvalue weighted by Crippen LogP contribution is -2.77. The van der Waals surface area contributed by atoms with Crippen LogP contribution in [0.25, 0.3) is 0 Å². The van der Waals surface area contributed by atoms with E-state index in [9.17, 15) is 33.0 Å². The van der Waals surface area contributed by atoms with Crippen LogP contribution >= 0.6 is 22.6 Å². The number of aliphatic hydroxyl groups is 1. The molecule has 1 amide bonds. The molecule has 0 radical (unpaired) electrons. The number of likely N-dealkylation sites (tertiary alicyclic amines) is 2. The maximum atomic E-state index is 14.8. The summed E-state index contributed by atoms with van der Waals surface area (Å²) < 4.78 is 43.8. The molecule has 2 saturated heterocycles. The highest BCUT2D eigenvalue weighted by atomic mass is 127. The number of carbonyl (C=O) groups excluding carboxylic acids is 1. The number of benzene rings is 2. The van der Waals surface area contributed by atoms with Gasteiger partial charge in [-0.05, 0) is 79.4 Å². The van der Waals surface area contributed by atoms with Crippen LogP contribution in [0.2, 0.25) is 0 Å². The van der Waals surface area contributed by atoms with Crippen molar-refractivity contribution in [2.45, 2.75) is 36.9 Å².